The molecule has 4 rings (SSSR count). The highest BCUT2D eigenvalue weighted by molar-refractivity contribution is 7.92. The van der Waals surface area contributed by atoms with Gasteiger partial charge in [0.05, 0.1) is 30.4 Å². The number of nitrogens with one attached hydrogen (secondary N) is 1. The molecular weight excluding hydrogens is 492 g/mol. The summed E-state index contributed by atoms with van der Waals surface area (Å²) in [5.74, 6) is 0.925. The van der Waals surface area contributed by atoms with Crippen molar-refractivity contribution in [2.24, 2.45) is 0 Å². The molecule has 9 heteroatoms. The molecule has 0 bridgehead atoms. The van der Waals surface area contributed by atoms with E-state index < -0.39 is 10.0 Å². The van der Waals surface area contributed by atoms with Crippen LogP contribution in [0.3, 0.4) is 0 Å². The molecule has 196 valence electrons. The lowest BCUT2D eigenvalue weighted by molar-refractivity contribution is 0.102. The lowest BCUT2D eigenvalue weighted by Gasteiger charge is -2.31. The fourth-order valence-electron chi connectivity index (χ4n) is 4.31. The largest absolute Gasteiger partial charge is 0.490 e. The highest BCUT2D eigenvalue weighted by Crippen LogP contribution is 2.40. The number of anilines is 2. The van der Waals surface area contributed by atoms with Gasteiger partial charge in [-0.1, -0.05) is 24.3 Å². The zero-order valence-corrected chi connectivity index (χ0v) is 22.1. The van der Waals surface area contributed by atoms with Crippen molar-refractivity contribution < 1.29 is 27.4 Å². The number of carbonyl (C=O) groups is 1. The van der Waals surface area contributed by atoms with Gasteiger partial charge in [0, 0.05) is 17.8 Å². The second kappa shape index (κ2) is 11.6. The summed E-state index contributed by atoms with van der Waals surface area (Å²) in [6.07, 6.45) is 1.48. The lowest BCUT2D eigenvalue weighted by Crippen LogP contribution is -2.35. The Morgan fingerprint density at radius 3 is 2.16 bits per heavy atom. The Balaban J connectivity index is 1.66. The lowest BCUT2D eigenvalue weighted by atomic mass is 10.0. The Bertz CT molecular complexity index is 1330. The molecule has 0 saturated heterocycles. The number of hydrogen-bond donors (Lipinski definition) is 1. The average Bonchev–Trinajstić information content (AvgIpc) is 2.90. The van der Waals surface area contributed by atoms with Crippen molar-refractivity contribution in [3.8, 4) is 17.2 Å². The van der Waals surface area contributed by atoms with E-state index in [0.717, 1.165) is 18.4 Å². The van der Waals surface area contributed by atoms with Gasteiger partial charge in [-0.15, -0.1) is 0 Å². The maximum Gasteiger partial charge on any atom is 0.264 e. The van der Waals surface area contributed by atoms with Crippen LogP contribution in [-0.4, -0.2) is 40.7 Å². The molecule has 0 unspecified atom stereocenters. The third kappa shape index (κ3) is 5.67. The van der Waals surface area contributed by atoms with Crippen LogP contribution in [0.25, 0.3) is 0 Å². The van der Waals surface area contributed by atoms with E-state index in [1.807, 2.05) is 26.8 Å². The van der Waals surface area contributed by atoms with Gasteiger partial charge in [0.1, 0.15) is 0 Å². The van der Waals surface area contributed by atoms with Crippen LogP contribution >= 0.6 is 0 Å². The number of rotatable bonds is 10. The third-order valence-corrected chi connectivity index (χ3v) is 7.75. The monoisotopic (exact) mass is 524 g/mol. The molecule has 0 aliphatic carbocycles. The summed E-state index contributed by atoms with van der Waals surface area (Å²) >= 11 is 0. The summed E-state index contributed by atoms with van der Waals surface area (Å²) in [5, 5.41) is 2.90. The van der Waals surface area contributed by atoms with Crippen molar-refractivity contribution in [3.63, 3.8) is 0 Å². The van der Waals surface area contributed by atoms with Crippen molar-refractivity contribution in [2.75, 3.05) is 36.0 Å². The molecule has 0 atom stereocenters. The zero-order valence-electron chi connectivity index (χ0n) is 21.3. The molecule has 0 saturated carbocycles. The van der Waals surface area contributed by atoms with E-state index in [-0.39, 0.29) is 10.8 Å². The quantitative estimate of drug-likeness (QED) is 0.388. The third-order valence-electron chi connectivity index (χ3n) is 5.92. The number of hydrogen-bond acceptors (Lipinski definition) is 6. The number of amides is 1. The van der Waals surface area contributed by atoms with E-state index in [1.165, 1.54) is 4.31 Å². The van der Waals surface area contributed by atoms with Gasteiger partial charge in [0.25, 0.3) is 15.9 Å². The molecule has 0 radical (unpaired) electrons. The van der Waals surface area contributed by atoms with E-state index in [4.69, 9.17) is 14.2 Å². The molecule has 0 fully saturated rings. The average molecular weight is 525 g/mol. The van der Waals surface area contributed by atoms with E-state index >= 15 is 0 Å². The van der Waals surface area contributed by atoms with Crippen molar-refractivity contribution in [2.45, 2.75) is 38.5 Å². The summed E-state index contributed by atoms with van der Waals surface area (Å²) in [6, 6.07) is 17.0. The first kappa shape index (κ1) is 26.3. The molecule has 1 aliphatic rings. The summed E-state index contributed by atoms with van der Waals surface area (Å²) in [7, 11) is -3.73. The van der Waals surface area contributed by atoms with Crippen LogP contribution < -0.4 is 23.8 Å². The van der Waals surface area contributed by atoms with Crippen LogP contribution in [0.2, 0.25) is 0 Å². The molecule has 1 heterocycles. The van der Waals surface area contributed by atoms with Gasteiger partial charge in [-0.05, 0) is 75.6 Å². The van der Waals surface area contributed by atoms with Crippen molar-refractivity contribution in [1.82, 2.24) is 0 Å². The van der Waals surface area contributed by atoms with Crippen LogP contribution in [-0.2, 0) is 16.4 Å². The molecule has 1 aliphatic heterocycles. The maximum absolute atomic E-state index is 13.4. The number of ether oxygens (including phenoxy) is 3. The number of nitrogens with zero attached hydrogens (tertiary/aromatic N) is 1. The highest BCUT2D eigenvalue weighted by Gasteiger charge is 2.29. The Kier molecular flexibility index (Phi) is 8.23. The van der Waals surface area contributed by atoms with Gasteiger partial charge < -0.3 is 19.5 Å². The van der Waals surface area contributed by atoms with Crippen molar-refractivity contribution >= 4 is 27.3 Å². The van der Waals surface area contributed by atoms with Crippen molar-refractivity contribution in [1.29, 1.82) is 0 Å². The number of aryl methyl sites for hydroxylation is 1. The molecule has 1 N–H and O–H groups in total. The van der Waals surface area contributed by atoms with Gasteiger partial charge in [0.2, 0.25) is 5.75 Å². The van der Waals surface area contributed by atoms with Crippen molar-refractivity contribution in [3.05, 3.63) is 71.8 Å². The number of sulfonamides is 1. The van der Waals surface area contributed by atoms with E-state index in [1.54, 1.807) is 54.6 Å². The molecule has 37 heavy (non-hydrogen) atoms. The fourth-order valence-corrected chi connectivity index (χ4v) is 5.87. The molecule has 1 amide bonds. The summed E-state index contributed by atoms with van der Waals surface area (Å²) in [4.78, 5) is 13.5. The molecule has 3 aromatic carbocycles. The first-order valence-corrected chi connectivity index (χ1v) is 13.9. The van der Waals surface area contributed by atoms with Crippen LogP contribution in [0.4, 0.5) is 11.4 Å². The maximum atomic E-state index is 13.4. The second-order valence-electron chi connectivity index (χ2n) is 8.39. The normalized spacial score (nSPS) is 13.0. The SMILES string of the molecule is CCOc1cc(C(=O)Nc2ccc3c(c2)N(S(=O)(=O)c2ccccc2)CCC3)cc(OCC)c1OCC. The summed E-state index contributed by atoms with van der Waals surface area (Å²) in [5.41, 5.74) is 2.32. The molecule has 0 aromatic heterocycles. The van der Waals surface area contributed by atoms with Crippen LogP contribution in [0.15, 0.2) is 65.6 Å². The Morgan fingerprint density at radius 2 is 1.54 bits per heavy atom. The Labute approximate surface area is 218 Å². The van der Waals surface area contributed by atoms with Crippen LogP contribution in [0.1, 0.15) is 43.1 Å². The van der Waals surface area contributed by atoms with E-state index in [9.17, 15) is 13.2 Å². The zero-order chi connectivity index (χ0) is 26.4. The summed E-state index contributed by atoms with van der Waals surface area (Å²) in [6.45, 7) is 7.15. The number of benzene rings is 3. The first-order valence-electron chi connectivity index (χ1n) is 12.5. The van der Waals surface area contributed by atoms with Gasteiger partial charge in [-0.25, -0.2) is 8.42 Å². The second-order valence-corrected chi connectivity index (χ2v) is 10.3. The topological polar surface area (TPSA) is 94.2 Å². The minimum atomic E-state index is -3.73. The molecule has 0 spiro atoms. The smallest absolute Gasteiger partial charge is 0.264 e. The Hall–Kier alpha value is -3.72. The predicted octanol–water partition coefficient (Wildman–Crippen LogP) is 5.28. The van der Waals surface area contributed by atoms with Gasteiger partial charge in [-0.3, -0.25) is 9.10 Å². The number of carbonyl (C=O) groups excluding carboxylic acids is 1. The predicted molar refractivity (Wildman–Crippen MR) is 144 cm³/mol. The molecule has 3 aromatic rings. The first-order chi connectivity index (χ1) is 17.9. The number of fused-ring (bicyclic) bond motifs is 1. The van der Waals surface area contributed by atoms with Gasteiger partial charge in [0.15, 0.2) is 11.5 Å². The van der Waals surface area contributed by atoms with Crippen LogP contribution in [0, 0.1) is 0 Å². The molecular formula is C28H32N2O6S. The van der Waals surface area contributed by atoms with Gasteiger partial charge >= 0.3 is 0 Å². The molecule has 8 nitrogen and oxygen atoms in total. The summed E-state index contributed by atoms with van der Waals surface area (Å²) < 4.78 is 45.4. The van der Waals surface area contributed by atoms with Gasteiger partial charge in [-0.2, -0.15) is 0 Å². The highest BCUT2D eigenvalue weighted by atomic mass is 32.2. The minimum absolute atomic E-state index is 0.235. The van der Waals surface area contributed by atoms with E-state index in [0.29, 0.717) is 60.6 Å². The van der Waals surface area contributed by atoms with Crippen LogP contribution in [0.5, 0.6) is 17.2 Å². The minimum Gasteiger partial charge on any atom is -0.490 e. The fraction of sp³-hybridized carbons (Fsp3) is 0.321. The Morgan fingerprint density at radius 1 is 0.892 bits per heavy atom. The standard InChI is InChI=1S/C28H32N2O6S/c1-4-34-25-17-21(18-26(35-5-2)27(25)36-6-3)28(31)29-22-15-14-20-11-10-16-30(24(20)19-22)37(32,33)23-12-8-7-9-13-23/h7-9,12-15,17-19H,4-6,10-11,16H2,1-3H3,(H,29,31). The van der Waals surface area contributed by atoms with E-state index in [2.05, 4.69) is 5.32 Å².